The summed E-state index contributed by atoms with van der Waals surface area (Å²) >= 11 is 0. The summed E-state index contributed by atoms with van der Waals surface area (Å²) in [5, 5.41) is 8.98. The van der Waals surface area contributed by atoms with E-state index in [1.165, 1.54) is 0 Å². The summed E-state index contributed by atoms with van der Waals surface area (Å²) in [6.07, 6.45) is 2.29. The Bertz CT molecular complexity index is 1150. The van der Waals surface area contributed by atoms with E-state index in [0.29, 0.717) is 17.7 Å². The molecule has 0 saturated heterocycles. The third-order valence-electron chi connectivity index (χ3n) is 4.99. The monoisotopic (exact) mass is 423 g/mol. The molecule has 3 aromatic carbocycles. The molecule has 0 amide bonds. The maximum absolute atomic E-state index is 12.9. The number of rotatable bonds is 8. The van der Waals surface area contributed by atoms with Gasteiger partial charge in [-0.05, 0) is 74.1 Å². The van der Waals surface area contributed by atoms with Crippen LogP contribution in [0.25, 0.3) is 0 Å². The molecule has 0 spiro atoms. The van der Waals surface area contributed by atoms with Crippen molar-refractivity contribution >= 4 is 21.7 Å². The quantitative estimate of drug-likeness (QED) is 0.535. The Morgan fingerprint density at radius 2 is 1.63 bits per heavy atom. The first-order valence-electron chi connectivity index (χ1n) is 9.76. The van der Waals surface area contributed by atoms with Crippen molar-refractivity contribution in [1.29, 1.82) is 0 Å². The molecule has 0 saturated carbocycles. The molecule has 3 rings (SSSR count). The summed E-state index contributed by atoms with van der Waals surface area (Å²) in [4.78, 5) is 11.2. The molecular weight excluding hydrogens is 398 g/mol. The number of nitrogens with one attached hydrogen (secondary N) is 1. The van der Waals surface area contributed by atoms with Gasteiger partial charge in [0.05, 0.1) is 16.1 Å². The Morgan fingerprint density at radius 1 is 0.933 bits per heavy atom. The molecule has 156 valence electrons. The molecule has 3 aromatic rings. The smallest absolute Gasteiger partial charge is 0.335 e. The summed E-state index contributed by atoms with van der Waals surface area (Å²) in [5.74, 6) is -0.938. The van der Waals surface area contributed by atoms with Gasteiger partial charge in [0.2, 0.25) is 0 Å². The van der Waals surface area contributed by atoms with E-state index in [-0.39, 0.29) is 10.5 Å². The number of carbonyl (C=O) groups is 1. The van der Waals surface area contributed by atoms with E-state index < -0.39 is 16.0 Å². The Labute approximate surface area is 177 Å². The molecule has 30 heavy (non-hydrogen) atoms. The molecule has 0 aliphatic carbocycles. The first-order chi connectivity index (χ1) is 14.3. The van der Waals surface area contributed by atoms with Crippen molar-refractivity contribution in [2.45, 2.75) is 38.0 Å². The minimum atomic E-state index is -3.68. The number of sulfonamides is 1. The van der Waals surface area contributed by atoms with Crippen LogP contribution in [0.15, 0.2) is 71.6 Å². The first kappa shape index (κ1) is 21.6. The van der Waals surface area contributed by atoms with E-state index in [9.17, 15) is 13.2 Å². The molecule has 0 bridgehead atoms. The molecule has 5 nitrogen and oxygen atoms in total. The average Bonchev–Trinajstić information content (AvgIpc) is 2.69. The molecule has 0 unspecified atom stereocenters. The number of hydrogen-bond donors (Lipinski definition) is 2. The van der Waals surface area contributed by atoms with Crippen molar-refractivity contribution in [2.24, 2.45) is 0 Å². The third kappa shape index (κ3) is 5.27. The molecule has 0 fully saturated rings. The summed E-state index contributed by atoms with van der Waals surface area (Å²) in [6, 6.07) is 19.5. The van der Waals surface area contributed by atoms with E-state index in [2.05, 4.69) is 4.72 Å². The SMILES string of the molecule is Cc1ccc(S(=O)(=O)Nc2ccccc2CCCc2ccc(C(=O)O)cc2)c(C)c1. The lowest BCUT2D eigenvalue weighted by Gasteiger charge is -2.14. The van der Waals surface area contributed by atoms with Gasteiger partial charge in [0.1, 0.15) is 0 Å². The number of carboxylic acids is 1. The fourth-order valence-corrected chi connectivity index (χ4v) is 4.76. The molecule has 0 aromatic heterocycles. The standard InChI is InChI=1S/C24H25NO4S/c1-17-10-15-23(18(2)16-17)30(28,29)25-22-9-4-3-7-20(22)8-5-6-19-11-13-21(14-12-19)24(26)27/h3-4,7,9-16,25H,5-6,8H2,1-2H3,(H,26,27). The minimum Gasteiger partial charge on any atom is -0.478 e. The highest BCUT2D eigenvalue weighted by Gasteiger charge is 2.18. The van der Waals surface area contributed by atoms with Crippen LogP contribution in [0.1, 0.15) is 39.0 Å². The third-order valence-corrected chi connectivity index (χ3v) is 6.52. The fourth-order valence-electron chi connectivity index (χ4n) is 3.44. The molecule has 0 aliphatic heterocycles. The summed E-state index contributed by atoms with van der Waals surface area (Å²) in [7, 11) is -3.68. The van der Waals surface area contributed by atoms with Crippen LogP contribution >= 0.6 is 0 Å². The van der Waals surface area contributed by atoms with Gasteiger partial charge in [0, 0.05) is 0 Å². The van der Waals surface area contributed by atoms with Gasteiger partial charge in [-0.25, -0.2) is 13.2 Å². The topological polar surface area (TPSA) is 83.5 Å². The highest BCUT2D eigenvalue weighted by Crippen LogP contribution is 2.24. The highest BCUT2D eigenvalue weighted by atomic mass is 32.2. The normalized spacial score (nSPS) is 11.3. The maximum atomic E-state index is 12.9. The molecule has 0 atom stereocenters. The lowest BCUT2D eigenvalue weighted by atomic mass is 10.0. The summed E-state index contributed by atoms with van der Waals surface area (Å²) < 4.78 is 28.6. The van der Waals surface area contributed by atoms with Crippen molar-refractivity contribution in [2.75, 3.05) is 4.72 Å². The number of para-hydroxylation sites is 1. The second-order valence-corrected chi connectivity index (χ2v) is 9.04. The van der Waals surface area contributed by atoms with Gasteiger partial charge < -0.3 is 5.11 Å². The molecule has 0 aliphatic rings. The van der Waals surface area contributed by atoms with Crippen molar-refractivity contribution in [1.82, 2.24) is 0 Å². The predicted molar refractivity (Wildman–Crippen MR) is 119 cm³/mol. The lowest BCUT2D eigenvalue weighted by molar-refractivity contribution is 0.0697. The van der Waals surface area contributed by atoms with E-state index in [4.69, 9.17) is 5.11 Å². The van der Waals surface area contributed by atoms with Crippen LogP contribution in [-0.4, -0.2) is 19.5 Å². The summed E-state index contributed by atoms with van der Waals surface area (Å²) in [5.41, 5.74) is 4.55. The van der Waals surface area contributed by atoms with Gasteiger partial charge in [0.15, 0.2) is 0 Å². The van der Waals surface area contributed by atoms with Gasteiger partial charge >= 0.3 is 5.97 Å². The number of aromatic carboxylic acids is 1. The largest absolute Gasteiger partial charge is 0.478 e. The van der Waals surface area contributed by atoms with Crippen LogP contribution in [0, 0.1) is 13.8 Å². The molecule has 6 heteroatoms. The zero-order valence-electron chi connectivity index (χ0n) is 17.1. The lowest BCUT2D eigenvalue weighted by Crippen LogP contribution is -2.15. The zero-order valence-corrected chi connectivity index (χ0v) is 17.9. The van der Waals surface area contributed by atoms with E-state index in [0.717, 1.165) is 29.5 Å². The zero-order chi connectivity index (χ0) is 21.7. The molecule has 2 N–H and O–H groups in total. The van der Waals surface area contributed by atoms with E-state index in [1.54, 1.807) is 37.3 Å². The minimum absolute atomic E-state index is 0.268. The molecule has 0 radical (unpaired) electrons. The van der Waals surface area contributed by atoms with Crippen molar-refractivity contribution in [3.05, 3.63) is 94.5 Å². The number of anilines is 1. The van der Waals surface area contributed by atoms with Gasteiger partial charge in [-0.2, -0.15) is 0 Å². The Morgan fingerprint density at radius 3 is 2.30 bits per heavy atom. The van der Waals surface area contributed by atoms with Crippen LogP contribution < -0.4 is 4.72 Å². The highest BCUT2D eigenvalue weighted by molar-refractivity contribution is 7.92. The Kier molecular flexibility index (Phi) is 6.57. The van der Waals surface area contributed by atoms with Crippen LogP contribution in [-0.2, 0) is 22.9 Å². The number of hydrogen-bond acceptors (Lipinski definition) is 3. The van der Waals surface area contributed by atoms with Crippen LogP contribution in [0.3, 0.4) is 0 Å². The second-order valence-electron chi connectivity index (χ2n) is 7.39. The number of carboxylic acid groups (broad SMARTS) is 1. The van der Waals surface area contributed by atoms with Gasteiger partial charge in [-0.1, -0.05) is 48.0 Å². The van der Waals surface area contributed by atoms with Crippen LogP contribution in [0.5, 0.6) is 0 Å². The van der Waals surface area contributed by atoms with Gasteiger partial charge in [-0.3, -0.25) is 4.72 Å². The number of aryl methyl sites for hydroxylation is 4. The van der Waals surface area contributed by atoms with Gasteiger partial charge in [-0.15, -0.1) is 0 Å². The fraction of sp³-hybridized carbons (Fsp3) is 0.208. The summed E-state index contributed by atoms with van der Waals surface area (Å²) in [6.45, 7) is 3.73. The number of benzene rings is 3. The van der Waals surface area contributed by atoms with Crippen LogP contribution in [0.4, 0.5) is 5.69 Å². The predicted octanol–water partition coefficient (Wildman–Crippen LogP) is 4.98. The van der Waals surface area contributed by atoms with Crippen molar-refractivity contribution in [3.8, 4) is 0 Å². The average molecular weight is 424 g/mol. The van der Waals surface area contributed by atoms with Gasteiger partial charge in [0.25, 0.3) is 10.0 Å². The Balaban J connectivity index is 1.70. The van der Waals surface area contributed by atoms with E-state index in [1.807, 2.05) is 43.3 Å². The second kappa shape index (κ2) is 9.13. The molecule has 0 heterocycles. The van der Waals surface area contributed by atoms with Crippen LogP contribution in [0.2, 0.25) is 0 Å². The van der Waals surface area contributed by atoms with E-state index >= 15 is 0 Å². The van der Waals surface area contributed by atoms with Crippen molar-refractivity contribution < 1.29 is 18.3 Å². The van der Waals surface area contributed by atoms with Crippen molar-refractivity contribution in [3.63, 3.8) is 0 Å². The molecular formula is C24H25NO4S. The maximum Gasteiger partial charge on any atom is 0.335 e. The Hall–Kier alpha value is -3.12. The first-order valence-corrected chi connectivity index (χ1v) is 11.2.